The van der Waals surface area contributed by atoms with E-state index in [0.717, 1.165) is 13.1 Å². The molecule has 2 N–H and O–H groups in total. The lowest BCUT2D eigenvalue weighted by atomic mass is 10.2. The van der Waals surface area contributed by atoms with Crippen LogP contribution < -0.4 is 15.4 Å². The minimum absolute atomic E-state index is 0.174. The van der Waals surface area contributed by atoms with Gasteiger partial charge in [0.15, 0.2) is 5.96 Å². The van der Waals surface area contributed by atoms with Gasteiger partial charge in [-0.3, -0.25) is 0 Å². The SMILES string of the molecule is CCNC(=NCc1ccccc1OC(F)F)NCC1CCCS1. The van der Waals surface area contributed by atoms with Crippen LogP contribution in [0.15, 0.2) is 29.3 Å². The Morgan fingerprint density at radius 3 is 2.91 bits per heavy atom. The highest BCUT2D eigenvalue weighted by Crippen LogP contribution is 2.25. The number of alkyl halides is 2. The van der Waals surface area contributed by atoms with Gasteiger partial charge in [0, 0.05) is 23.9 Å². The Kier molecular flexibility index (Phi) is 7.45. The third kappa shape index (κ3) is 6.25. The summed E-state index contributed by atoms with van der Waals surface area (Å²) in [6.07, 6.45) is 2.49. The fourth-order valence-electron chi connectivity index (χ4n) is 2.37. The molecule has 1 aliphatic heterocycles. The zero-order valence-electron chi connectivity index (χ0n) is 13.2. The van der Waals surface area contributed by atoms with Crippen molar-refractivity contribution in [1.29, 1.82) is 0 Å². The van der Waals surface area contributed by atoms with Crippen LogP contribution in [0.5, 0.6) is 5.75 Å². The summed E-state index contributed by atoms with van der Waals surface area (Å²) < 4.78 is 29.4. The smallest absolute Gasteiger partial charge is 0.387 e. The number of aliphatic imine (C=N–C) groups is 1. The van der Waals surface area contributed by atoms with E-state index in [-0.39, 0.29) is 12.3 Å². The molecule has 7 heteroatoms. The maximum Gasteiger partial charge on any atom is 0.387 e. The molecule has 2 rings (SSSR count). The first kappa shape index (κ1) is 17.8. The summed E-state index contributed by atoms with van der Waals surface area (Å²) in [5.41, 5.74) is 0.639. The van der Waals surface area contributed by atoms with Gasteiger partial charge in [-0.1, -0.05) is 18.2 Å². The second-order valence-corrected chi connectivity index (χ2v) is 6.61. The van der Waals surface area contributed by atoms with E-state index < -0.39 is 6.61 Å². The lowest BCUT2D eigenvalue weighted by molar-refractivity contribution is -0.0504. The van der Waals surface area contributed by atoms with Crippen LogP contribution in [-0.4, -0.2) is 36.7 Å². The van der Waals surface area contributed by atoms with Crippen molar-refractivity contribution in [2.24, 2.45) is 4.99 Å². The topological polar surface area (TPSA) is 45.7 Å². The Bertz CT molecular complexity index is 508. The van der Waals surface area contributed by atoms with Crippen molar-refractivity contribution >= 4 is 17.7 Å². The lowest BCUT2D eigenvalue weighted by Crippen LogP contribution is -2.40. The van der Waals surface area contributed by atoms with E-state index >= 15 is 0 Å². The minimum atomic E-state index is -2.83. The zero-order chi connectivity index (χ0) is 16.5. The number of para-hydroxylation sites is 1. The Labute approximate surface area is 140 Å². The second kappa shape index (κ2) is 9.60. The summed E-state index contributed by atoms with van der Waals surface area (Å²) in [6, 6.07) is 6.74. The molecule has 0 amide bonds. The summed E-state index contributed by atoms with van der Waals surface area (Å²) in [5, 5.41) is 7.12. The monoisotopic (exact) mass is 343 g/mol. The van der Waals surface area contributed by atoms with Crippen LogP contribution in [0.2, 0.25) is 0 Å². The summed E-state index contributed by atoms with van der Waals surface area (Å²) >= 11 is 1.98. The summed E-state index contributed by atoms with van der Waals surface area (Å²) in [6.45, 7) is 1.07. The van der Waals surface area contributed by atoms with Crippen molar-refractivity contribution in [3.05, 3.63) is 29.8 Å². The average Bonchev–Trinajstić information content (AvgIpc) is 3.04. The first-order valence-corrected chi connectivity index (χ1v) is 8.90. The Hall–Kier alpha value is -1.50. The number of hydrogen-bond donors (Lipinski definition) is 2. The standard InChI is InChI=1S/C16H23F2N3OS/c1-2-19-16(21-11-13-7-5-9-23-13)20-10-12-6-3-4-8-14(12)22-15(17)18/h3-4,6,8,13,15H,2,5,7,9-11H2,1H3,(H2,19,20,21). The molecule has 1 aliphatic rings. The van der Waals surface area contributed by atoms with E-state index in [0.29, 0.717) is 16.8 Å². The number of guanidine groups is 1. The van der Waals surface area contributed by atoms with Gasteiger partial charge in [0.2, 0.25) is 0 Å². The first-order valence-electron chi connectivity index (χ1n) is 7.85. The second-order valence-electron chi connectivity index (χ2n) is 5.20. The molecule has 0 spiro atoms. The van der Waals surface area contributed by atoms with Crippen LogP contribution in [0, 0.1) is 0 Å². The highest BCUT2D eigenvalue weighted by atomic mass is 32.2. The average molecular weight is 343 g/mol. The molecule has 0 radical (unpaired) electrons. The van der Waals surface area contributed by atoms with Crippen molar-refractivity contribution < 1.29 is 13.5 Å². The normalized spacial score (nSPS) is 18.3. The van der Waals surface area contributed by atoms with Gasteiger partial charge in [0.1, 0.15) is 5.75 Å². The highest BCUT2D eigenvalue weighted by Gasteiger charge is 2.15. The van der Waals surface area contributed by atoms with E-state index in [1.165, 1.54) is 24.7 Å². The molecule has 0 bridgehead atoms. The van der Waals surface area contributed by atoms with Crippen LogP contribution in [0.3, 0.4) is 0 Å². The molecule has 0 aromatic heterocycles. The number of hydrogen-bond acceptors (Lipinski definition) is 3. The van der Waals surface area contributed by atoms with Crippen LogP contribution >= 0.6 is 11.8 Å². The largest absolute Gasteiger partial charge is 0.434 e. The van der Waals surface area contributed by atoms with Gasteiger partial charge in [-0.05, 0) is 31.6 Å². The van der Waals surface area contributed by atoms with Crippen molar-refractivity contribution in [2.75, 3.05) is 18.8 Å². The molecule has 1 fully saturated rings. The predicted octanol–water partition coefficient (Wildman–Crippen LogP) is 3.24. The van der Waals surface area contributed by atoms with Crippen LogP contribution in [0.25, 0.3) is 0 Å². The molecule has 0 aliphatic carbocycles. The van der Waals surface area contributed by atoms with Gasteiger partial charge < -0.3 is 15.4 Å². The molecular formula is C16H23F2N3OS. The first-order chi connectivity index (χ1) is 11.2. The van der Waals surface area contributed by atoms with Gasteiger partial charge in [0.05, 0.1) is 6.54 Å². The van der Waals surface area contributed by atoms with Crippen LogP contribution in [0.1, 0.15) is 25.3 Å². The molecule has 128 valence electrons. The maximum absolute atomic E-state index is 12.4. The fourth-order valence-corrected chi connectivity index (χ4v) is 3.57. The molecule has 1 atom stereocenters. The van der Waals surface area contributed by atoms with Gasteiger partial charge in [-0.2, -0.15) is 20.5 Å². The molecular weight excluding hydrogens is 320 g/mol. The number of halogens is 2. The van der Waals surface area contributed by atoms with Crippen LogP contribution in [-0.2, 0) is 6.54 Å². The number of benzene rings is 1. The van der Waals surface area contributed by atoms with E-state index in [2.05, 4.69) is 20.4 Å². The molecule has 1 aromatic rings. The molecule has 0 saturated carbocycles. The van der Waals surface area contributed by atoms with Crippen LogP contribution in [0.4, 0.5) is 8.78 Å². The molecule has 4 nitrogen and oxygen atoms in total. The number of rotatable bonds is 7. The molecule has 1 saturated heterocycles. The predicted molar refractivity (Wildman–Crippen MR) is 91.4 cm³/mol. The third-order valence-corrected chi connectivity index (χ3v) is 4.86. The number of thioether (sulfide) groups is 1. The van der Waals surface area contributed by atoms with Crippen molar-refractivity contribution in [3.8, 4) is 5.75 Å². The number of ether oxygens (including phenoxy) is 1. The highest BCUT2D eigenvalue weighted by molar-refractivity contribution is 8.00. The quantitative estimate of drug-likeness (QED) is 0.589. The number of nitrogens with zero attached hydrogens (tertiary/aromatic N) is 1. The van der Waals surface area contributed by atoms with Crippen molar-refractivity contribution in [1.82, 2.24) is 10.6 Å². The van der Waals surface area contributed by atoms with Gasteiger partial charge in [-0.15, -0.1) is 0 Å². The number of nitrogens with one attached hydrogen (secondary N) is 2. The van der Waals surface area contributed by atoms with E-state index in [1.807, 2.05) is 18.7 Å². The molecule has 1 heterocycles. The maximum atomic E-state index is 12.4. The van der Waals surface area contributed by atoms with Crippen molar-refractivity contribution in [2.45, 2.75) is 38.2 Å². The van der Waals surface area contributed by atoms with Gasteiger partial charge >= 0.3 is 6.61 Å². The molecule has 1 unspecified atom stereocenters. The van der Waals surface area contributed by atoms with E-state index in [9.17, 15) is 8.78 Å². The Morgan fingerprint density at radius 1 is 1.39 bits per heavy atom. The summed E-state index contributed by atoms with van der Waals surface area (Å²) in [4.78, 5) is 4.47. The minimum Gasteiger partial charge on any atom is -0.434 e. The molecule has 1 aromatic carbocycles. The fraction of sp³-hybridized carbons (Fsp3) is 0.562. The van der Waals surface area contributed by atoms with E-state index in [4.69, 9.17) is 0 Å². The lowest BCUT2D eigenvalue weighted by Gasteiger charge is -2.15. The summed E-state index contributed by atoms with van der Waals surface area (Å²) in [7, 11) is 0. The Balaban J connectivity index is 1.96. The van der Waals surface area contributed by atoms with E-state index in [1.54, 1.807) is 18.2 Å². The third-order valence-electron chi connectivity index (χ3n) is 3.46. The van der Waals surface area contributed by atoms with Crippen molar-refractivity contribution in [3.63, 3.8) is 0 Å². The zero-order valence-corrected chi connectivity index (χ0v) is 14.0. The molecule has 23 heavy (non-hydrogen) atoms. The van der Waals surface area contributed by atoms with Gasteiger partial charge in [0.25, 0.3) is 0 Å². The Morgan fingerprint density at radius 2 is 2.22 bits per heavy atom. The van der Waals surface area contributed by atoms with Gasteiger partial charge in [-0.25, -0.2) is 4.99 Å². The summed E-state index contributed by atoms with van der Waals surface area (Å²) in [5.74, 6) is 2.10.